The Morgan fingerprint density at radius 2 is 1.73 bits per heavy atom. The number of benzene rings is 2. The molecule has 0 bridgehead atoms. The zero-order valence-electron chi connectivity index (χ0n) is 25.4. The number of thiazole rings is 1. The predicted molar refractivity (Wildman–Crippen MR) is 170 cm³/mol. The summed E-state index contributed by atoms with van der Waals surface area (Å²) >= 11 is 1.32. The van der Waals surface area contributed by atoms with Gasteiger partial charge in [0.1, 0.15) is 17.7 Å². The van der Waals surface area contributed by atoms with Crippen LogP contribution in [0, 0.1) is 12.8 Å². The number of rotatable bonds is 6. The van der Waals surface area contributed by atoms with E-state index in [1.165, 1.54) is 11.3 Å². The maximum Gasteiger partial charge on any atom is 0.282 e. The number of hydrogen-bond donors (Lipinski definition) is 2. The Balaban J connectivity index is 1.46. The molecule has 3 heterocycles. The monoisotopic (exact) mass is 613 g/mol. The first-order valence-corrected chi connectivity index (χ1v) is 16.1. The summed E-state index contributed by atoms with van der Waals surface area (Å²) in [6.45, 7) is 6.87. The van der Waals surface area contributed by atoms with Crippen LogP contribution in [0.15, 0.2) is 66.0 Å². The molecule has 5 rings (SSSR count). The van der Waals surface area contributed by atoms with Gasteiger partial charge in [0.05, 0.1) is 18.3 Å². The van der Waals surface area contributed by atoms with E-state index < -0.39 is 12.1 Å². The molecule has 0 saturated heterocycles. The molecule has 2 N–H and O–H groups in total. The number of aryl methyl sites for hydroxylation is 1. The van der Waals surface area contributed by atoms with Gasteiger partial charge in [-0.15, -0.1) is 11.3 Å². The van der Waals surface area contributed by atoms with Gasteiger partial charge < -0.3 is 15.5 Å². The molecule has 2 aromatic carbocycles. The van der Waals surface area contributed by atoms with Gasteiger partial charge in [-0.25, -0.2) is 14.6 Å². The molecule has 4 aromatic rings. The molecule has 3 atom stereocenters. The van der Waals surface area contributed by atoms with Crippen LogP contribution in [0.25, 0.3) is 11.3 Å². The van der Waals surface area contributed by atoms with Crippen molar-refractivity contribution in [2.45, 2.75) is 65.1 Å². The molecule has 0 unspecified atom stereocenters. The van der Waals surface area contributed by atoms with Crippen LogP contribution in [0.2, 0.25) is 0 Å². The Kier molecular flexibility index (Phi) is 10.2. The van der Waals surface area contributed by atoms with E-state index >= 15 is 0 Å². The van der Waals surface area contributed by atoms with Crippen LogP contribution in [0.1, 0.15) is 66.2 Å². The second kappa shape index (κ2) is 14.4. The Labute approximate surface area is 261 Å². The molecule has 0 radical (unpaired) electrons. The fourth-order valence-electron chi connectivity index (χ4n) is 5.37. The molecule has 10 nitrogen and oxygen atoms in total. The van der Waals surface area contributed by atoms with Crippen molar-refractivity contribution < 1.29 is 14.4 Å². The lowest BCUT2D eigenvalue weighted by Gasteiger charge is -2.28. The number of fused-ring (bicyclic) bond motifs is 1. The minimum absolute atomic E-state index is 0.0781. The second-order valence-corrected chi connectivity index (χ2v) is 12.1. The number of carbonyl (C=O) groups excluding carboxylic acids is 3. The maximum atomic E-state index is 13.8. The van der Waals surface area contributed by atoms with E-state index in [1.54, 1.807) is 9.58 Å². The van der Waals surface area contributed by atoms with Crippen molar-refractivity contribution in [3.8, 4) is 11.3 Å². The van der Waals surface area contributed by atoms with Gasteiger partial charge in [0.25, 0.3) is 5.91 Å². The smallest absolute Gasteiger partial charge is 0.282 e. The first kappa shape index (κ1) is 31.1. The van der Waals surface area contributed by atoms with Crippen molar-refractivity contribution in [2.24, 2.45) is 5.92 Å². The first-order chi connectivity index (χ1) is 21.3. The number of hydrogen-bond acceptors (Lipinski definition) is 7. The molecule has 1 aliphatic heterocycles. The zero-order chi connectivity index (χ0) is 31.1. The zero-order valence-corrected chi connectivity index (χ0v) is 26.2. The molecule has 1 aliphatic rings. The highest BCUT2D eigenvalue weighted by Crippen LogP contribution is 2.24. The van der Waals surface area contributed by atoms with Crippen LogP contribution in [0.4, 0.5) is 0 Å². The average Bonchev–Trinajstić information content (AvgIpc) is 3.68. The average molecular weight is 614 g/mol. The van der Waals surface area contributed by atoms with Gasteiger partial charge in [0.2, 0.25) is 11.8 Å². The molecule has 2 aromatic heterocycles. The third kappa shape index (κ3) is 7.57. The van der Waals surface area contributed by atoms with E-state index in [1.807, 2.05) is 86.8 Å². The highest BCUT2D eigenvalue weighted by Gasteiger charge is 2.31. The summed E-state index contributed by atoms with van der Waals surface area (Å²) in [4.78, 5) is 51.7. The van der Waals surface area contributed by atoms with E-state index in [-0.39, 0.29) is 30.1 Å². The van der Waals surface area contributed by atoms with Gasteiger partial charge in [0.15, 0.2) is 5.01 Å². The molecule has 0 spiro atoms. The summed E-state index contributed by atoms with van der Waals surface area (Å²) in [6.07, 6.45) is 1.86. The number of aromatic nitrogens is 4. The number of carbonyl (C=O) groups is 3. The Bertz CT molecular complexity index is 1570. The van der Waals surface area contributed by atoms with E-state index in [0.717, 1.165) is 23.2 Å². The lowest BCUT2D eigenvalue weighted by molar-refractivity contribution is -0.130. The minimum Gasteiger partial charge on any atom is -0.344 e. The van der Waals surface area contributed by atoms with E-state index in [9.17, 15) is 14.4 Å². The molecule has 44 heavy (non-hydrogen) atoms. The summed E-state index contributed by atoms with van der Waals surface area (Å²) in [5.41, 5.74) is 2.74. The molecular weight excluding hydrogens is 574 g/mol. The van der Waals surface area contributed by atoms with Crippen molar-refractivity contribution in [1.29, 1.82) is 0 Å². The third-order valence-corrected chi connectivity index (χ3v) is 8.82. The van der Waals surface area contributed by atoms with Crippen LogP contribution in [-0.4, -0.2) is 61.5 Å². The van der Waals surface area contributed by atoms with Crippen LogP contribution < -0.4 is 10.6 Å². The fourth-order valence-corrected chi connectivity index (χ4v) is 6.16. The molecular formula is C33H39N7O3S. The van der Waals surface area contributed by atoms with Crippen LogP contribution >= 0.6 is 11.3 Å². The molecule has 0 aliphatic carbocycles. The number of nitrogens with zero attached hydrogens (tertiary/aromatic N) is 5. The minimum atomic E-state index is -0.698. The van der Waals surface area contributed by atoms with Gasteiger partial charge in [-0.2, -0.15) is 5.10 Å². The second-order valence-electron chi connectivity index (χ2n) is 11.2. The van der Waals surface area contributed by atoms with Gasteiger partial charge in [-0.05, 0) is 31.2 Å². The van der Waals surface area contributed by atoms with Crippen molar-refractivity contribution >= 4 is 29.1 Å². The number of nitrogens with one attached hydrogen (secondary N) is 2. The summed E-state index contributed by atoms with van der Waals surface area (Å²) in [6, 6.07) is 18.5. The molecule has 11 heteroatoms. The summed E-state index contributed by atoms with van der Waals surface area (Å²) in [5, 5.41) is 13.1. The Morgan fingerprint density at radius 3 is 2.45 bits per heavy atom. The van der Waals surface area contributed by atoms with Crippen molar-refractivity contribution in [1.82, 2.24) is 35.3 Å². The Morgan fingerprint density at radius 1 is 1.00 bits per heavy atom. The van der Waals surface area contributed by atoms with Gasteiger partial charge in [0, 0.05) is 30.5 Å². The lowest BCUT2D eigenvalue weighted by atomic mass is 9.97. The summed E-state index contributed by atoms with van der Waals surface area (Å²) < 4.78 is 1.79. The predicted octanol–water partition coefficient (Wildman–Crippen LogP) is 4.58. The standard InChI is InChI=1S/C33H39N7O3S/c1-4-22(2)29-31(42)35-26(20-24-12-7-5-8-13-24)30-34-23(3)38-40(30)19-18-39(17-11-16-28(41)37-29)33(43)32-36-27(21-44-32)25-14-9-6-10-15-25/h5-10,12-15,21-22,26,29H,4,11,16-20H2,1-3H3,(H,35,42)(H,37,41)/t22-,26-,29-/m0/s1. The van der Waals surface area contributed by atoms with Crippen LogP contribution in [-0.2, 0) is 22.6 Å². The van der Waals surface area contributed by atoms with Crippen LogP contribution in [0.5, 0.6) is 0 Å². The van der Waals surface area contributed by atoms with Crippen LogP contribution in [0.3, 0.4) is 0 Å². The largest absolute Gasteiger partial charge is 0.344 e. The lowest BCUT2D eigenvalue weighted by Crippen LogP contribution is -2.51. The highest BCUT2D eigenvalue weighted by atomic mass is 32.1. The topological polar surface area (TPSA) is 122 Å². The SMILES string of the molecule is CC[C@H](C)[C@@H]1NC(=O)CCCN(C(=O)c2nc(-c3ccccc3)cs2)CCn2nc(C)nc2[C@H](Cc2ccccc2)NC1=O. The Hall–Kier alpha value is -4.38. The van der Waals surface area contributed by atoms with Crippen molar-refractivity contribution in [3.63, 3.8) is 0 Å². The van der Waals surface area contributed by atoms with Gasteiger partial charge in [-0.1, -0.05) is 80.9 Å². The normalized spacial score (nSPS) is 18.9. The molecule has 230 valence electrons. The first-order valence-electron chi connectivity index (χ1n) is 15.2. The van der Waals surface area contributed by atoms with E-state index in [2.05, 4.69) is 20.7 Å². The summed E-state index contributed by atoms with van der Waals surface area (Å²) in [5.74, 6) is 0.467. The van der Waals surface area contributed by atoms with Gasteiger partial charge in [-0.3, -0.25) is 14.4 Å². The quantitative estimate of drug-likeness (QED) is 0.329. The maximum absolute atomic E-state index is 13.8. The molecule has 0 fully saturated rings. The fraction of sp³-hybridized carbons (Fsp3) is 0.394. The summed E-state index contributed by atoms with van der Waals surface area (Å²) in [7, 11) is 0. The molecule has 3 amide bonds. The van der Waals surface area contributed by atoms with Gasteiger partial charge >= 0.3 is 0 Å². The van der Waals surface area contributed by atoms with E-state index in [0.29, 0.717) is 49.1 Å². The number of amides is 3. The highest BCUT2D eigenvalue weighted by molar-refractivity contribution is 7.12. The van der Waals surface area contributed by atoms with Crippen molar-refractivity contribution in [2.75, 3.05) is 13.1 Å². The van der Waals surface area contributed by atoms with E-state index in [4.69, 9.17) is 4.98 Å². The van der Waals surface area contributed by atoms with Crippen molar-refractivity contribution in [3.05, 3.63) is 88.3 Å². The molecule has 0 saturated carbocycles. The third-order valence-electron chi connectivity index (χ3n) is 7.99.